The number of benzene rings is 2. The molecule has 128 valence electrons. The Morgan fingerprint density at radius 1 is 1.00 bits per heavy atom. The Kier molecular flexibility index (Phi) is 4.91. The van der Waals surface area contributed by atoms with Gasteiger partial charge in [0.2, 0.25) is 5.91 Å². The van der Waals surface area contributed by atoms with Gasteiger partial charge in [0.05, 0.1) is 5.75 Å². The lowest BCUT2D eigenvalue weighted by Gasteiger charge is -2.04. The zero-order valence-electron chi connectivity index (χ0n) is 13.1. The minimum atomic E-state index is -3.44. The molecule has 8 heteroatoms. The Bertz CT molecular complexity index is 999. The summed E-state index contributed by atoms with van der Waals surface area (Å²) in [7, 11) is -3.44. The molecule has 25 heavy (non-hydrogen) atoms. The van der Waals surface area contributed by atoms with Crippen molar-refractivity contribution in [2.45, 2.75) is 11.5 Å². The van der Waals surface area contributed by atoms with E-state index in [1.165, 1.54) is 17.4 Å². The van der Waals surface area contributed by atoms with Crippen molar-refractivity contribution in [3.63, 3.8) is 0 Å². The standard InChI is InChI=1S/C17H15N3O3S2/c18-16(21)14-8-4-5-12(9-14)10-25(22,23)11-15-19-20-17(24-15)13-6-2-1-3-7-13/h1-9H,10-11H2,(H2,18,21). The molecule has 1 heterocycles. The molecule has 0 radical (unpaired) electrons. The highest BCUT2D eigenvalue weighted by Gasteiger charge is 2.17. The predicted molar refractivity (Wildman–Crippen MR) is 96.6 cm³/mol. The van der Waals surface area contributed by atoms with E-state index in [0.717, 1.165) is 5.56 Å². The van der Waals surface area contributed by atoms with Crippen molar-refractivity contribution in [1.29, 1.82) is 0 Å². The largest absolute Gasteiger partial charge is 0.366 e. The third-order valence-corrected chi connectivity index (χ3v) is 6.07. The van der Waals surface area contributed by atoms with Crippen molar-refractivity contribution < 1.29 is 13.2 Å². The van der Waals surface area contributed by atoms with E-state index in [4.69, 9.17) is 5.73 Å². The van der Waals surface area contributed by atoms with Crippen LogP contribution in [0.4, 0.5) is 0 Å². The van der Waals surface area contributed by atoms with Gasteiger partial charge in [0, 0.05) is 11.1 Å². The maximum atomic E-state index is 12.4. The van der Waals surface area contributed by atoms with Crippen molar-refractivity contribution in [3.8, 4) is 10.6 Å². The molecule has 6 nitrogen and oxygen atoms in total. The average Bonchev–Trinajstić information content (AvgIpc) is 3.03. The molecular weight excluding hydrogens is 358 g/mol. The topological polar surface area (TPSA) is 103 Å². The van der Waals surface area contributed by atoms with Crippen LogP contribution in [0.1, 0.15) is 20.9 Å². The van der Waals surface area contributed by atoms with E-state index < -0.39 is 15.7 Å². The third-order valence-electron chi connectivity index (χ3n) is 3.43. The molecular formula is C17H15N3O3S2. The van der Waals surface area contributed by atoms with E-state index in [1.807, 2.05) is 30.3 Å². The van der Waals surface area contributed by atoms with Gasteiger partial charge in [-0.3, -0.25) is 4.79 Å². The Balaban J connectivity index is 1.75. The Labute approximate surface area is 149 Å². The summed E-state index contributed by atoms with van der Waals surface area (Å²) in [6, 6.07) is 15.8. The number of rotatable bonds is 6. The molecule has 3 rings (SSSR count). The Hall–Kier alpha value is -2.58. The highest BCUT2D eigenvalue weighted by atomic mass is 32.2. The first-order valence-corrected chi connectivity index (χ1v) is 10.0. The highest BCUT2D eigenvalue weighted by molar-refractivity contribution is 7.90. The summed E-state index contributed by atoms with van der Waals surface area (Å²) < 4.78 is 24.8. The van der Waals surface area contributed by atoms with Crippen LogP contribution in [0.15, 0.2) is 54.6 Å². The van der Waals surface area contributed by atoms with Gasteiger partial charge >= 0.3 is 0 Å². The van der Waals surface area contributed by atoms with Crippen LogP contribution in [0.25, 0.3) is 10.6 Å². The highest BCUT2D eigenvalue weighted by Crippen LogP contribution is 2.24. The third kappa shape index (κ3) is 4.49. The first kappa shape index (κ1) is 17.2. The van der Waals surface area contributed by atoms with Gasteiger partial charge in [0.15, 0.2) is 9.84 Å². The average molecular weight is 373 g/mol. The van der Waals surface area contributed by atoms with Gasteiger partial charge in [0.25, 0.3) is 0 Å². The molecule has 0 saturated heterocycles. The second-order valence-electron chi connectivity index (χ2n) is 5.46. The van der Waals surface area contributed by atoms with Crippen LogP contribution in [0.5, 0.6) is 0 Å². The van der Waals surface area contributed by atoms with Crippen molar-refractivity contribution in [3.05, 3.63) is 70.7 Å². The number of aromatic nitrogens is 2. The number of nitrogens with two attached hydrogens (primary N) is 1. The van der Waals surface area contributed by atoms with Gasteiger partial charge in [-0.1, -0.05) is 53.8 Å². The lowest BCUT2D eigenvalue weighted by atomic mass is 10.1. The molecule has 0 aliphatic carbocycles. The molecule has 0 spiro atoms. The fourth-order valence-corrected chi connectivity index (χ4v) is 4.96. The van der Waals surface area contributed by atoms with Gasteiger partial charge in [-0.25, -0.2) is 8.42 Å². The summed E-state index contributed by atoms with van der Waals surface area (Å²) in [5.41, 5.74) is 6.93. The van der Waals surface area contributed by atoms with Gasteiger partial charge in [-0.15, -0.1) is 10.2 Å². The van der Waals surface area contributed by atoms with E-state index >= 15 is 0 Å². The first-order valence-electron chi connectivity index (χ1n) is 7.40. The maximum Gasteiger partial charge on any atom is 0.248 e. The number of amides is 1. The summed E-state index contributed by atoms with van der Waals surface area (Å²) in [4.78, 5) is 11.2. The summed E-state index contributed by atoms with van der Waals surface area (Å²) in [6.45, 7) is 0. The fourth-order valence-electron chi connectivity index (χ4n) is 2.32. The Morgan fingerprint density at radius 2 is 1.76 bits per heavy atom. The number of nitrogens with zero attached hydrogens (tertiary/aromatic N) is 2. The minimum Gasteiger partial charge on any atom is -0.366 e. The van der Waals surface area contributed by atoms with E-state index in [-0.39, 0.29) is 17.1 Å². The summed E-state index contributed by atoms with van der Waals surface area (Å²) in [5.74, 6) is -0.969. The molecule has 2 aromatic carbocycles. The van der Waals surface area contributed by atoms with Gasteiger partial charge in [-0.2, -0.15) is 0 Å². The SMILES string of the molecule is NC(=O)c1cccc(CS(=O)(=O)Cc2nnc(-c3ccccc3)s2)c1. The zero-order chi connectivity index (χ0) is 17.9. The van der Waals surface area contributed by atoms with E-state index in [9.17, 15) is 13.2 Å². The second kappa shape index (κ2) is 7.12. The van der Waals surface area contributed by atoms with Crippen LogP contribution in [-0.4, -0.2) is 24.5 Å². The lowest BCUT2D eigenvalue weighted by Crippen LogP contribution is -2.12. The summed E-state index contributed by atoms with van der Waals surface area (Å²) in [5, 5.41) is 9.16. The number of sulfone groups is 1. The number of carbonyl (C=O) groups is 1. The molecule has 1 aromatic heterocycles. The maximum absolute atomic E-state index is 12.4. The van der Waals surface area contributed by atoms with E-state index in [0.29, 0.717) is 15.6 Å². The number of hydrogen-bond acceptors (Lipinski definition) is 6. The Morgan fingerprint density at radius 3 is 2.48 bits per heavy atom. The van der Waals surface area contributed by atoms with Crippen LogP contribution >= 0.6 is 11.3 Å². The fraction of sp³-hybridized carbons (Fsp3) is 0.118. The monoisotopic (exact) mass is 373 g/mol. The molecule has 0 fully saturated rings. The number of primary amides is 1. The van der Waals surface area contributed by atoms with Crippen LogP contribution in [0.3, 0.4) is 0 Å². The van der Waals surface area contributed by atoms with E-state index in [1.54, 1.807) is 18.2 Å². The zero-order valence-corrected chi connectivity index (χ0v) is 14.8. The van der Waals surface area contributed by atoms with E-state index in [2.05, 4.69) is 10.2 Å². The van der Waals surface area contributed by atoms with Crippen molar-refractivity contribution in [2.75, 3.05) is 0 Å². The summed E-state index contributed by atoms with van der Waals surface area (Å²) >= 11 is 1.26. The van der Waals surface area contributed by atoms with Crippen LogP contribution in [-0.2, 0) is 21.3 Å². The molecule has 0 bridgehead atoms. The van der Waals surface area contributed by atoms with Crippen LogP contribution in [0, 0.1) is 0 Å². The molecule has 1 amide bonds. The van der Waals surface area contributed by atoms with Crippen LogP contribution < -0.4 is 5.73 Å². The van der Waals surface area contributed by atoms with Crippen molar-refractivity contribution >= 4 is 27.1 Å². The molecule has 0 atom stereocenters. The van der Waals surface area contributed by atoms with Crippen molar-refractivity contribution in [2.24, 2.45) is 5.73 Å². The van der Waals surface area contributed by atoms with Crippen molar-refractivity contribution in [1.82, 2.24) is 10.2 Å². The first-order chi connectivity index (χ1) is 11.9. The molecule has 0 aliphatic rings. The molecule has 0 unspecified atom stereocenters. The number of carbonyl (C=O) groups excluding carboxylic acids is 1. The van der Waals surface area contributed by atoms with Gasteiger partial charge < -0.3 is 5.73 Å². The molecule has 2 N–H and O–H groups in total. The normalized spacial score (nSPS) is 11.4. The van der Waals surface area contributed by atoms with Gasteiger partial charge in [-0.05, 0) is 17.7 Å². The minimum absolute atomic E-state index is 0.186. The summed E-state index contributed by atoms with van der Waals surface area (Å²) in [6.07, 6.45) is 0. The molecule has 0 aliphatic heterocycles. The number of hydrogen-bond donors (Lipinski definition) is 1. The predicted octanol–water partition coefficient (Wildman–Crippen LogP) is 2.42. The van der Waals surface area contributed by atoms with Gasteiger partial charge in [0.1, 0.15) is 15.8 Å². The smallest absolute Gasteiger partial charge is 0.248 e. The van der Waals surface area contributed by atoms with Crippen LogP contribution in [0.2, 0.25) is 0 Å². The lowest BCUT2D eigenvalue weighted by molar-refractivity contribution is 0.1000. The molecule has 0 saturated carbocycles. The quantitative estimate of drug-likeness (QED) is 0.715. The second-order valence-corrected chi connectivity index (χ2v) is 8.59. The molecule has 3 aromatic rings.